The Bertz CT molecular complexity index is 1090. The molecular formula is C17H16N8. The molecule has 0 saturated carbocycles. The van der Waals surface area contributed by atoms with Crippen molar-refractivity contribution in [2.75, 3.05) is 5.32 Å². The summed E-state index contributed by atoms with van der Waals surface area (Å²) < 4.78 is 3.73. The van der Waals surface area contributed by atoms with E-state index in [1.54, 1.807) is 17.1 Å². The molecule has 4 rings (SSSR count). The third-order valence-corrected chi connectivity index (χ3v) is 4.09. The highest BCUT2D eigenvalue weighted by molar-refractivity contribution is 5.88. The standard InChI is InChI=1S/C17H16N8/c1-3-25-16(22-23-17(25)21-13-9-20-24(2)10-13)11-4-5-14-12(7-18)8-19-15(14)6-11/h4-6,8-10,19H,3H2,1-2H3,(H,21,23). The van der Waals surface area contributed by atoms with Crippen LogP contribution in [0.4, 0.5) is 11.6 Å². The fourth-order valence-electron chi connectivity index (χ4n) is 2.88. The summed E-state index contributed by atoms with van der Waals surface area (Å²) in [6.07, 6.45) is 5.33. The number of benzene rings is 1. The monoisotopic (exact) mass is 332 g/mol. The van der Waals surface area contributed by atoms with Gasteiger partial charge in [0.25, 0.3) is 0 Å². The summed E-state index contributed by atoms with van der Waals surface area (Å²) in [7, 11) is 1.86. The van der Waals surface area contributed by atoms with Crippen molar-refractivity contribution < 1.29 is 0 Å². The average Bonchev–Trinajstić information content (AvgIpc) is 3.32. The lowest BCUT2D eigenvalue weighted by Crippen LogP contribution is -2.03. The summed E-state index contributed by atoms with van der Waals surface area (Å²) in [5, 5.41) is 26.0. The van der Waals surface area contributed by atoms with E-state index in [2.05, 4.69) is 31.7 Å². The fourth-order valence-corrected chi connectivity index (χ4v) is 2.88. The molecule has 0 bridgehead atoms. The van der Waals surface area contributed by atoms with E-state index in [-0.39, 0.29) is 0 Å². The summed E-state index contributed by atoms with van der Waals surface area (Å²) in [5.41, 5.74) is 3.33. The normalized spacial score (nSPS) is 10.9. The Labute approximate surface area is 143 Å². The lowest BCUT2D eigenvalue weighted by atomic mass is 10.1. The minimum Gasteiger partial charge on any atom is -0.360 e. The average molecular weight is 332 g/mol. The van der Waals surface area contributed by atoms with E-state index in [4.69, 9.17) is 5.26 Å². The predicted octanol–water partition coefficient (Wildman–Crippen LogP) is 2.80. The van der Waals surface area contributed by atoms with Gasteiger partial charge in [-0.05, 0) is 13.0 Å². The molecule has 0 radical (unpaired) electrons. The zero-order valence-electron chi connectivity index (χ0n) is 13.9. The molecule has 0 spiro atoms. The minimum atomic E-state index is 0.637. The van der Waals surface area contributed by atoms with Crippen LogP contribution in [-0.2, 0) is 13.6 Å². The molecule has 0 aliphatic rings. The number of rotatable bonds is 4. The Kier molecular flexibility index (Phi) is 3.47. The lowest BCUT2D eigenvalue weighted by Gasteiger charge is -2.08. The molecule has 1 aromatic carbocycles. The minimum absolute atomic E-state index is 0.637. The summed E-state index contributed by atoms with van der Waals surface area (Å²) in [4.78, 5) is 3.13. The second-order valence-electron chi connectivity index (χ2n) is 5.69. The second kappa shape index (κ2) is 5.79. The fraction of sp³-hybridized carbons (Fsp3) is 0.176. The van der Waals surface area contributed by atoms with Crippen LogP contribution >= 0.6 is 0 Å². The van der Waals surface area contributed by atoms with E-state index in [1.165, 1.54) is 0 Å². The van der Waals surface area contributed by atoms with Crippen LogP contribution < -0.4 is 5.32 Å². The largest absolute Gasteiger partial charge is 0.360 e. The maximum absolute atomic E-state index is 9.13. The van der Waals surface area contributed by atoms with E-state index in [0.29, 0.717) is 11.5 Å². The van der Waals surface area contributed by atoms with Gasteiger partial charge in [0.1, 0.15) is 6.07 Å². The van der Waals surface area contributed by atoms with E-state index in [9.17, 15) is 0 Å². The SMILES string of the molecule is CCn1c(Nc2cnn(C)c2)nnc1-c1ccc2c(C#N)c[nH]c2c1. The van der Waals surface area contributed by atoms with E-state index < -0.39 is 0 Å². The third-order valence-electron chi connectivity index (χ3n) is 4.09. The lowest BCUT2D eigenvalue weighted by molar-refractivity contribution is 0.767. The molecule has 25 heavy (non-hydrogen) atoms. The van der Waals surface area contributed by atoms with Gasteiger partial charge < -0.3 is 10.3 Å². The van der Waals surface area contributed by atoms with Crippen LogP contribution in [0.25, 0.3) is 22.3 Å². The van der Waals surface area contributed by atoms with Gasteiger partial charge in [0.15, 0.2) is 5.82 Å². The molecule has 124 valence electrons. The highest BCUT2D eigenvalue weighted by Crippen LogP contribution is 2.27. The molecule has 4 aromatic rings. The van der Waals surface area contributed by atoms with Crippen molar-refractivity contribution in [2.45, 2.75) is 13.5 Å². The number of fused-ring (bicyclic) bond motifs is 1. The van der Waals surface area contributed by atoms with Crippen LogP contribution in [0.2, 0.25) is 0 Å². The molecule has 2 N–H and O–H groups in total. The second-order valence-corrected chi connectivity index (χ2v) is 5.69. The van der Waals surface area contributed by atoms with E-state index >= 15 is 0 Å². The van der Waals surface area contributed by atoms with Crippen LogP contribution in [0.15, 0.2) is 36.8 Å². The Hall–Kier alpha value is -3.60. The molecule has 0 atom stereocenters. The number of nitrogens with zero attached hydrogens (tertiary/aromatic N) is 6. The van der Waals surface area contributed by atoms with Crippen molar-refractivity contribution in [3.63, 3.8) is 0 Å². The van der Waals surface area contributed by atoms with Gasteiger partial charge in [-0.15, -0.1) is 10.2 Å². The van der Waals surface area contributed by atoms with Gasteiger partial charge in [-0.2, -0.15) is 10.4 Å². The summed E-state index contributed by atoms with van der Waals surface area (Å²) in [5.74, 6) is 1.43. The number of aromatic nitrogens is 6. The van der Waals surface area contributed by atoms with Crippen molar-refractivity contribution in [3.8, 4) is 17.5 Å². The number of hydrogen-bond donors (Lipinski definition) is 2. The molecular weight excluding hydrogens is 316 g/mol. The first-order chi connectivity index (χ1) is 12.2. The number of aryl methyl sites for hydroxylation is 1. The number of H-pyrrole nitrogens is 1. The molecule has 3 aromatic heterocycles. The van der Waals surface area contributed by atoms with Gasteiger partial charge in [-0.25, -0.2) is 0 Å². The molecule has 3 heterocycles. The first kappa shape index (κ1) is 15.0. The van der Waals surface area contributed by atoms with Crippen LogP contribution in [0.1, 0.15) is 12.5 Å². The van der Waals surface area contributed by atoms with Crippen molar-refractivity contribution >= 4 is 22.5 Å². The van der Waals surface area contributed by atoms with E-state index in [0.717, 1.165) is 34.5 Å². The number of nitriles is 1. The third kappa shape index (κ3) is 2.52. The molecule has 0 saturated heterocycles. The quantitative estimate of drug-likeness (QED) is 0.598. The smallest absolute Gasteiger partial charge is 0.229 e. The topological polar surface area (TPSA) is 100 Å². The first-order valence-corrected chi connectivity index (χ1v) is 7.90. The van der Waals surface area contributed by atoms with Crippen molar-refractivity contribution in [2.24, 2.45) is 7.05 Å². The summed E-state index contributed by atoms with van der Waals surface area (Å²) >= 11 is 0. The van der Waals surface area contributed by atoms with E-state index in [1.807, 2.05) is 42.9 Å². The Morgan fingerprint density at radius 1 is 1.32 bits per heavy atom. The van der Waals surface area contributed by atoms with Gasteiger partial charge in [-0.1, -0.05) is 12.1 Å². The molecule has 8 nitrogen and oxygen atoms in total. The predicted molar refractivity (Wildman–Crippen MR) is 94.2 cm³/mol. The van der Waals surface area contributed by atoms with Crippen LogP contribution in [0.5, 0.6) is 0 Å². The van der Waals surface area contributed by atoms with Gasteiger partial charge in [0.2, 0.25) is 5.95 Å². The van der Waals surface area contributed by atoms with Gasteiger partial charge >= 0.3 is 0 Å². The zero-order chi connectivity index (χ0) is 17.4. The Balaban J connectivity index is 1.74. The van der Waals surface area contributed by atoms with Crippen molar-refractivity contribution in [3.05, 3.63) is 42.4 Å². The Morgan fingerprint density at radius 3 is 2.92 bits per heavy atom. The number of anilines is 2. The molecule has 0 amide bonds. The van der Waals surface area contributed by atoms with Crippen LogP contribution in [-0.4, -0.2) is 29.5 Å². The first-order valence-electron chi connectivity index (χ1n) is 7.90. The molecule has 0 fully saturated rings. The van der Waals surface area contributed by atoms with Gasteiger partial charge in [0.05, 0.1) is 17.4 Å². The van der Waals surface area contributed by atoms with Crippen LogP contribution in [0, 0.1) is 11.3 Å². The highest BCUT2D eigenvalue weighted by atomic mass is 15.4. The van der Waals surface area contributed by atoms with Crippen molar-refractivity contribution in [1.29, 1.82) is 5.26 Å². The molecule has 0 unspecified atom stereocenters. The number of nitrogens with one attached hydrogen (secondary N) is 2. The van der Waals surface area contributed by atoms with Gasteiger partial charge in [-0.3, -0.25) is 9.25 Å². The number of aromatic amines is 1. The van der Waals surface area contributed by atoms with Crippen LogP contribution in [0.3, 0.4) is 0 Å². The molecule has 0 aliphatic heterocycles. The maximum atomic E-state index is 9.13. The summed E-state index contributed by atoms with van der Waals surface area (Å²) in [6, 6.07) is 8.06. The molecule has 8 heteroatoms. The maximum Gasteiger partial charge on any atom is 0.229 e. The zero-order valence-corrected chi connectivity index (χ0v) is 13.9. The summed E-state index contributed by atoms with van der Waals surface area (Å²) in [6.45, 7) is 2.76. The highest BCUT2D eigenvalue weighted by Gasteiger charge is 2.14. The number of hydrogen-bond acceptors (Lipinski definition) is 5. The Morgan fingerprint density at radius 2 is 2.20 bits per heavy atom. The molecule has 0 aliphatic carbocycles. The van der Waals surface area contributed by atoms with Gasteiger partial charge in [0, 0.05) is 42.5 Å². The van der Waals surface area contributed by atoms with Crippen molar-refractivity contribution in [1.82, 2.24) is 29.5 Å².